The van der Waals surface area contributed by atoms with E-state index in [9.17, 15) is 9.18 Å². The predicted molar refractivity (Wildman–Crippen MR) is 92.0 cm³/mol. The van der Waals surface area contributed by atoms with Crippen LogP contribution in [0.2, 0.25) is 0 Å². The Balaban J connectivity index is 1.52. The number of aryl methyl sites for hydroxylation is 1. The summed E-state index contributed by atoms with van der Waals surface area (Å²) in [7, 11) is 0. The van der Waals surface area contributed by atoms with Crippen LogP contribution in [0.1, 0.15) is 30.4 Å². The number of amides is 1. The Hall–Kier alpha value is -2.23. The van der Waals surface area contributed by atoms with Crippen molar-refractivity contribution in [2.24, 2.45) is 5.92 Å². The van der Waals surface area contributed by atoms with Gasteiger partial charge in [0.15, 0.2) is 0 Å². The quantitative estimate of drug-likeness (QED) is 0.840. The maximum atomic E-state index is 13.7. The summed E-state index contributed by atoms with van der Waals surface area (Å²) in [6.45, 7) is 1.62. The van der Waals surface area contributed by atoms with Gasteiger partial charge in [-0.3, -0.25) is 9.78 Å². The SMILES string of the molecule is O=C(CCc1ccccc1F)N1CCC[C@H](Cc2cccnc2)C1. The van der Waals surface area contributed by atoms with E-state index in [1.54, 1.807) is 18.3 Å². The fourth-order valence-electron chi connectivity index (χ4n) is 3.41. The Bertz CT molecular complexity index is 674. The number of piperidine rings is 1. The predicted octanol–water partition coefficient (Wildman–Crippen LogP) is 3.63. The number of aromatic nitrogens is 1. The summed E-state index contributed by atoms with van der Waals surface area (Å²) < 4.78 is 13.7. The van der Waals surface area contributed by atoms with E-state index in [4.69, 9.17) is 0 Å². The first-order valence-electron chi connectivity index (χ1n) is 8.62. The topological polar surface area (TPSA) is 33.2 Å². The van der Waals surface area contributed by atoms with Crippen molar-refractivity contribution < 1.29 is 9.18 Å². The van der Waals surface area contributed by atoms with Gasteiger partial charge in [-0.15, -0.1) is 0 Å². The molecule has 1 fully saturated rings. The van der Waals surface area contributed by atoms with Gasteiger partial charge in [-0.1, -0.05) is 24.3 Å². The first-order valence-corrected chi connectivity index (χ1v) is 8.62. The fraction of sp³-hybridized carbons (Fsp3) is 0.400. The molecule has 1 aliphatic heterocycles. The van der Waals surface area contributed by atoms with Crippen LogP contribution >= 0.6 is 0 Å². The molecule has 0 saturated carbocycles. The Labute approximate surface area is 142 Å². The number of halogens is 1. The zero-order valence-corrected chi connectivity index (χ0v) is 13.8. The van der Waals surface area contributed by atoms with Crippen LogP contribution in [0.15, 0.2) is 48.8 Å². The number of rotatable bonds is 5. The molecular formula is C20H23FN2O. The number of hydrogen-bond donors (Lipinski definition) is 0. The van der Waals surface area contributed by atoms with Crippen molar-refractivity contribution in [3.8, 4) is 0 Å². The van der Waals surface area contributed by atoms with Crippen LogP contribution in [0.5, 0.6) is 0 Å². The highest BCUT2D eigenvalue weighted by atomic mass is 19.1. The molecule has 0 radical (unpaired) electrons. The number of pyridine rings is 1. The monoisotopic (exact) mass is 326 g/mol. The summed E-state index contributed by atoms with van der Waals surface area (Å²) in [5.74, 6) is 0.396. The molecular weight excluding hydrogens is 303 g/mol. The van der Waals surface area contributed by atoms with Crippen LogP contribution in [0.25, 0.3) is 0 Å². The molecule has 1 amide bonds. The highest BCUT2D eigenvalue weighted by Crippen LogP contribution is 2.21. The molecule has 1 aliphatic rings. The Morgan fingerprint density at radius 3 is 2.92 bits per heavy atom. The molecule has 1 aromatic heterocycles. The molecule has 0 unspecified atom stereocenters. The minimum atomic E-state index is -0.224. The summed E-state index contributed by atoms with van der Waals surface area (Å²) in [5.41, 5.74) is 1.85. The van der Waals surface area contributed by atoms with Crippen molar-refractivity contribution in [3.63, 3.8) is 0 Å². The number of carbonyl (C=O) groups is 1. The van der Waals surface area contributed by atoms with Gasteiger partial charge >= 0.3 is 0 Å². The van der Waals surface area contributed by atoms with E-state index in [1.165, 1.54) is 11.6 Å². The third-order valence-corrected chi connectivity index (χ3v) is 4.68. The van der Waals surface area contributed by atoms with E-state index in [0.717, 1.165) is 32.4 Å². The maximum absolute atomic E-state index is 13.7. The van der Waals surface area contributed by atoms with Gasteiger partial charge in [-0.25, -0.2) is 4.39 Å². The minimum Gasteiger partial charge on any atom is -0.342 e. The first kappa shape index (κ1) is 16.6. The summed E-state index contributed by atoms with van der Waals surface area (Å²) >= 11 is 0. The maximum Gasteiger partial charge on any atom is 0.222 e. The normalized spacial score (nSPS) is 17.7. The summed E-state index contributed by atoms with van der Waals surface area (Å²) in [6, 6.07) is 10.7. The second-order valence-electron chi connectivity index (χ2n) is 6.50. The van der Waals surface area contributed by atoms with Gasteiger partial charge in [0.2, 0.25) is 5.91 Å². The molecule has 24 heavy (non-hydrogen) atoms. The Morgan fingerprint density at radius 2 is 2.12 bits per heavy atom. The lowest BCUT2D eigenvalue weighted by molar-refractivity contribution is -0.133. The molecule has 4 heteroatoms. The van der Waals surface area contributed by atoms with Gasteiger partial charge in [0, 0.05) is 31.9 Å². The molecule has 0 spiro atoms. The van der Waals surface area contributed by atoms with Gasteiger partial charge in [0.25, 0.3) is 0 Å². The third kappa shape index (κ3) is 4.40. The van der Waals surface area contributed by atoms with E-state index in [2.05, 4.69) is 11.1 Å². The van der Waals surface area contributed by atoms with Gasteiger partial charge in [-0.05, 0) is 54.9 Å². The van der Waals surface area contributed by atoms with Crippen molar-refractivity contribution in [2.75, 3.05) is 13.1 Å². The molecule has 0 aliphatic carbocycles. The molecule has 0 N–H and O–H groups in total. The zero-order chi connectivity index (χ0) is 16.8. The fourth-order valence-corrected chi connectivity index (χ4v) is 3.41. The number of benzene rings is 1. The van der Waals surface area contributed by atoms with Crippen molar-refractivity contribution >= 4 is 5.91 Å². The van der Waals surface area contributed by atoms with E-state index >= 15 is 0 Å². The van der Waals surface area contributed by atoms with Crippen LogP contribution < -0.4 is 0 Å². The van der Waals surface area contributed by atoms with E-state index in [0.29, 0.717) is 24.3 Å². The summed E-state index contributed by atoms with van der Waals surface area (Å²) in [4.78, 5) is 18.6. The highest BCUT2D eigenvalue weighted by Gasteiger charge is 2.23. The molecule has 3 rings (SSSR count). The lowest BCUT2D eigenvalue weighted by atomic mass is 9.91. The lowest BCUT2D eigenvalue weighted by Crippen LogP contribution is -2.40. The van der Waals surface area contributed by atoms with Gasteiger partial charge in [-0.2, -0.15) is 0 Å². The van der Waals surface area contributed by atoms with Crippen molar-refractivity contribution in [3.05, 3.63) is 65.7 Å². The third-order valence-electron chi connectivity index (χ3n) is 4.68. The van der Waals surface area contributed by atoms with Crippen molar-refractivity contribution in [1.82, 2.24) is 9.88 Å². The van der Waals surface area contributed by atoms with Crippen LogP contribution in [0, 0.1) is 11.7 Å². The average molecular weight is 326 g/mol. The number of nitrogens with zero attached hydrogens (tertiary/aromatic N) is 2. The first-order chi connectivity index (χ1) is 11.7. The van der Waals surface area contributed by atoms with Gasteiger partial charge < -0.3 is 4.90 Å². The smallest absolute Gasteiger partial charge is 0.222 e. The van der Waals surface area contributed by atoms with E-state index < -0.39 is 0 Å². The second-order valence-corrected chi connectivity index (χ2v) is 6.50. The molecule has 0 bridgehead atoms. The molecule has 1 saturated heterocycles. The average Bonchev–Trinajstić information content (AvgIpc) is 2.62. The van der Waals surface area contributed by atoms with E-state index in [-0.39, 0.29) is 11.7 Å². The number of carbonyl (C=O) groups excluding carboxylic acids is 1. The molecule has 1 atom stereocenters. The van der Waals surface area contributed by atoms with Crippen LogP contribution in [-0.2, 0) is 17.6 Å². The Kier molecular flexibility index (Phi) is 5.57. The van der Waals surface area contributed by atoms with Crippen molar-refractivity contribution in [2.45, 2.75) is 32.1 Å². The number of hydrogen-bond acceptors (Lipinski definition) is 2. The molecule has 3 nitrogen and oxygen atoms in total. The van der Waals surface area contributed by atoms with Crippen molar-refractivity contribution in [1.29, 1.82) is 0 Å². The number of likely N-dealkylation sites (tertiary alicyclic amines) is 1. The van der Waals surface area contributed by atoms with Gasteiger partial charge in [0.1, 0.15) is 5.82 Å². The van der Waals surface area contributed by atoms with Crippen LogP contribution in [0.3, 0.4) is 0 Å². The summed E-state index contributed by atoms with van der Waals surface area (Å²) in [6.07, 6.45) is 7.67. The van der Waals surface area contributed by atoms with Crippen LogP contribution in [0.4, 0.5) is 4.39 Å². The van der Waals surface area contributed by atoms with E-state index in [1.807, 2.05) is 23.2 Å². The summed E-state index contributed by atoms with van der Waals surface area (Å²) in [5, 5.41) is 0. The lowest BCUT2D eigenvalue weighted by Gasteiger charge is -2.33. The molecule has 2 aromatic rings. The minimum absolute atomic E-state index is 0.133. The largest absolute Gasteiger partial charge is 0.342 e. The van der Waals surface area contributed by atoms with Crippen LogP contribution in [-0.4, -0.2) is 28.9 Å². The molecule has 1 aromatic carbocycles. The zero-order valence-electron chi connectivity index (χ0n) is 13.8. The van der Waals surface area contributed by atoms with Gasteiger partial charge in [0.05, 0.1) is 0 Å². The molecule has 126 valence electrons. The second kappa shape index (κ2) is 8.04. The molecule has 2 heterocycles. The highest BCUT2D eigenvalue weighted by molar-refractivity contribution is 5.76. The standard InChI is InChI=1S/C20H23FN2O/c21-19-8-2-1-7-18(19)9-10-20(24)23-12-4-6-17(15-23)13-16-5-3-11-22-14-16/h1-3,5,7-8,11,14,17H,4,6,9-10,12-13,15H2/t17-/m1/s1. The Morgan fingerprint density at radius 1 is 1.25 bits per heavy atom.